The van der Waals surface area contributed by atoms with Crippen LogP contribution in [0.3, 0.4) is 0 Å². The molecule has 0 atom stereocenters. The first-order chi connectivity index (χ1) is 8.86. The molecule has 0 unspecified atom stereocenters. The minimum atomic E-state index is -1.20. The van der Waals surface area contributed by atoms with Crippen LogP contribution in [0.15, 0.2) is 0 Å². The summed E-state index contributed by atoms with van der Waals surface area (Å²) in [5.41, 5.74) is 0.182. The van der Waals surface area contributed by atoms with Crippen LogP contribution >= 0.6 is 0 Å². The van der Waals surface area contributed by atoms with Crippen molar-refractivity contribution < 1.29 is 24.2 Å². The Bertz CT molecular complexity index is 521. The number of nitrogens with zero attached hydrogens (tertiary/aromatic N) is 2. The van der Waals surface area contributed by atoms with E-state index in [9.17, 15) is 14.4 Å². The number of esters is 1. The van der Waals surface area contributed by atoms with Crippen LogP contribution in [0.25, 0.3) is 0 Å². The molecule has 0 aliphatic carbocycles. The van der Waals surface area contributed by atoms with Crippen LogP contribution < -0.4 is 5.32 Å². The Balaban J connectivity index is 2.85. The first-order valence-corrected chi connectivity index (χ1v) is 5.59. The quantitative estimate of drug-likeness (QED) is 0.588. The van der Waals surface area contributed by atoms with Gasteiger partial charge >= 0.3 is 11.9 Å². The molecule has 8 nitrogen and oxygen atoms in total. The zero-order valence-corrected chi connectivity index (χ0v) is 10.9. The van der Waals surface area contributed by atoms with Gasteiger partial charge in [-0.1, -0.05) is 0 Å². The Kier molecular flexibility index (Phi) is 4.62. The number of carbonyl (C=O) groups is 3. The summed E-state index contributed by atoms with van der Waals surface area (Å²) in [5, 5.41) is 15.3. The van der Waals surface area contributed by atoms with Gasteiger partial charge in [-0.05, 0) is 13.8 Å². The molecule has 1 rings (SSSR count). The zero-order chi connectivity index (χ0) is 14.6. The molecular formula is C11H15N3O5. The van der Waals surface area contributed by atoms with E-state index in [-0.39, 0.29) is 23.7 Å². The fourth-order valence-corrected chi connectivity index (χ4v) is 1.58. The largest absolute Gasteiger partial charge is 0.477 e. The van der Waals surface area contributed by atoms with Gasteiger partial charge in [-0.15, -0.1) is 0 Å². The number of rotatable bonds is 5. The lowest BCUT2D eigenvalue weighted by Gasteiger charge is -2.06. The lowest BCUT2D eigenvalue weighted by atomic mass is 10.2. The highest BCUT2D eigenvalue weighted by atomic mass is 16.5. The number of hydrogen-bond acceptors (Lipinski definition) is 5. The maximum Gasteiger partial charge on any atom is 0.341 e. The summed E-state index contributed by atoms with van der Waals surface area (Å²) in [6.07, 6.45) is -0.475. The molecule has 1 aromatic heterocycles. The second-order valence-electron chi connectivity index (χ2n) is 3.77. The molecule has 0 aliphatic rings. The highest BCUT2D eigenvalue weighted by Gasteiger charge is 2.22. The first-order valence-electron chi connectivity index (χ1n) is 5.59. The van der Waals surface area contributed by atoms with Crippen LogP contribution in [-0.2, 0) is 21.4 Å². The zero-order valence-electron chi connectivity index (χ0n) is 10.9. The number of carbonyl (C=O) groups excluding carboxylic acids is 2. The number of carboxylic acid groups (broad SMARTS) is 1. The Morgan fingerprint density at radius 3 is 2.58 bits per heavy atom. The Hall–Kier alpha value is -2.38. The van der Waals surface area contributed by atoms with Gasteiger partial charge < -0.3 is 15.2 Å². The van der Waals surface area contributed by atoms with E-state index in [2.05, 4.69) is 15.2 Å². The van der Waals surface area contributed by atoms with Crippen LogP contribution in [0.4, 0.5) is 5.82 Å². The van der Waals surface area contributed by atoms with Crippen molar-refractivity contribution in [2.75, 3.05) is 11.9 Å². The summed E-state index contributed by atoms with van der Waals surface area (Å²) in [4.78, 5) is 33.8. The average Bonchev–Trinajstić information content (AvgIpc) is 2.53. The molecule has 0 saturated carbocycles. The van der Waals surface area contributed by atoms with E-state index >= 15 is 0 Å². The van der Waals surface area contributed by atoms with E-state index < -0.39 is 24.3 Å². The first kappa shape index (κ1) is 14.7. The van der Waals surface area contributed by atoms with Crippen LogP contribution in [0.1, 0.15) is 29.4 Å². The third kappa shape index (κ3) is 3.54. The van der Waals surface area contributed by atoms with E-state index in [0.29, 0.717) is 0 Å². The molecule has 0 aliphatic heterocycles. The third-order valence-corrected chi connectivity index (χ3v) is 2.30. The molecule has 0 bridgehead atoms. The van der Waals surface area contributed by atoms with E-state index in [1.165, 1.54) is 18.7 Å². The Morgan fingerprint density at radius 1 is 1.42 bits per heavy atom. The maximum absolute atomic E-state index is 11.6. The van der Waals surface area contributed by atoms with Crippen molar-refractivity contribution in [2.24, 2.45) is 7.05 Å². The van der Waals surface area contributed by atoms with Crippen LogP contribution in [0.5, 0.6) is 0 Å². The minimum absolute atomic E-state index is 0.0410. The van der Waals surface area contributed by atoms with Gasteiger partial charge in [-0.3, -0.25) is 14.3 Å². The molecule has 1 amide bonds. The van der Waals surface area contributed by atoms with Crippen molar-refractivity contribution in [2.45, 2.75) is 20.3 Å². The summed E-state index contributed by atoms with van der Waals surface area (Å²) >= 11 is 0. The van der Waals surface area contributed by atoms with Crippen molar-refractivity contribution in [1.82, 2.24) is 9.78 Å². The van der Waals surface area contributed by atoms with Crippen molar-refractivity contribution in [1.29, 1.82) is 0 Å². The molecule has 0 aromatic carbocycles. The lowest BCUT2D eigenvalue weighted by Crippen LogP contribution is -2.21. The molecular weight excluding hydrogens is 254 g/mol. The second-order valence-corrected chi connectivity index (χ2v) is 3.77. The highest BCUT2D eigenvalue weighted by Crippen LogP contribution is 2.18. The standard InChI is InChI=1S/C11H15N3O5/c1-4-19-8(16)5-7(15)12-10-9(11(17)18)6(2)13-14(10)3/h4-5H2,1-3H3,(H,12,15)(H,17,18). The average molecular weight is 269 g/mol. The number of aromatic carboxylic acids is 1. The van der Waals surface area contributed by atoms with Gasteiger partial charge in [-0.2, -0.15) is 5.10 Å². The lowest BCUT2D eigenvalue weighted by molar-refractivity contribution is -0.145. The topological polar surface area (TPSA) is 111 Å². The van der Waals surface area contributed by atoms with E-state index in [4.69, 9.17) is 5.11 Å². The van der Waals surface area contributed by atoms with Crippen LogP contribution in [-0.4, -0.2) is 39.3 Å². The number of hydrogen-bond donors (Lipinski definition) is 2. The van der Waals surface area contributed by atoms with Crippen molar-refractivity contribution in [3.05, 3.63) is 11.3 Å². The molecule has 19 heavy (non-hydrogen) atoms. The van der Waals surface area contributed by atoms with Gasteiger partial charge in [0.15, 0.2) is 0 Å². The summed E-state index contributed by atoms with van der Waals surface area (Å²) in [6, 6.07) is 0. The van der Waals surface area contributed by atoms with E-state index in [1.807, 2.05) is 0 Å². The summed E-state index contributed by atoms with van der Waals surface area (Å²) in [7, 11) is 1.50. The fraction of sp³-hybridized carbons (Fsp3) is 0.455. The highest BCUT2D eigenvalue weighted by molar-refractivity contribution is 6.05. The smallest absolute Gasteiger partial charge is 0.341 e. The predicted octanol–water partition coefficient (Wildman–Crippen LogP) is 0.318. The van der Waals surface area contributed by atoms with Crippen LogP contribution in [0.2, 0.25) is 0 Å². The number of aryl methyl sites for hydroxylation is 2. The monoisotopic (exact) mass is 269 g/mol. The minimum Gasteiger partial charge on any atom is -0.477 e. The van der Waals surface area contributed by atoms with Gasteiger partial charge in [0.2, 0.25) is 5.91 Å². The van der Waals surface area contributed by atoms with Gasteiger partial charge in [0.1, 0.15) is 17.8 Å². The van der Waals surface area contributed by atoms with Gasteiger partial charge in [0, 0.05) is 7.05 Å². The van der Waals surface area contributed by atoms with Crippen molar-refractivity contribution >= 4 is 23.7 Å². The van der Waals surface area contributed by atoms with Crippen molar-refractivity contribution in [3.63, 3.8) is 0 Å². The molecule has 104 valence electrons. The molecule has 0 spiro atoms. The SMILES string of the molecule is CCOC(=O)CC(=O)Nc1c(C(=O)O)c(C)nn1C. The number of nitrogens with one attached hydrogen (secondary N) is 1. The summed E-state index contributed by atoms with van der Waals surface area (Å²) in [6.45, 7) is 3.32. The number of ether oxygens (including phenoxy) is 1. The van der Waals surface area contributed by atoms with Crippen molar-refractivity contribution in [3.8, 4) is 0 Å². The molecule has 1 aromatic rings. The van der Waals surface area contributed by atoms with Crippen LogP contribution in [0, 0.1) is 6.92 Å². The molecule has 8 heteroatoms. The normalized spacial score (nSPS) is 10.1. The summed E-state index contributed by atoms with van der Waals surface area (Å²) in [5.74, 6) is -2.48. The predicted molar refractivity (Wildman–Crippen MR) is 64.8 cm³/mol. The van der Waals surface area contributed by atoms with E-state index in [0.717, 1.165) is 0 Å². The molecule has 0 radical (unpaired) electrons. The van der Waals surface area contributed by atoms with E-state index in [1.54, 1.807) is 6.92 Å². The molecule has 1 heterocycles. The molecule has 2 N–H and O–H groups in total. The number of amides is 1. The Morgan fingerprint density at radius 2 is 2.05 bits per heavy atom. The van der Waals surface area contributed by atoms with Gasteiger partial charge in [0.25, 0.3) is 0 Å². The maximum atomic E-state index is 11.6. The number of carboxylic acids is 1. The number of anilines is 1. The second kappa shape index (κ2) is 5.98. The third-order valence-electron chi connectivity index (χ3n) is 2.30. The van der Waals surface area contributed by atoms with Gasteiger partial charge in [-0.25, -0.2) is 4.79 Å². The number of aromatic nitrogens is 2. The fourth-order valence-electron chi connectivity index (χ4n) is 1.58. The molecule has 0 saturated heterocycles. The van der Waals surface area contributed by atoms with Gasteiger partial charge in [0.05, 0.1) is 12.3 Å². The summed E-state index contributed by atoms with van der Waals surface area (Å²) < 4.78 is 5.86. The molecule has 0 fully saturated rings. The Labute approximate surface area is 109 Å².